The SMILES string of the molecule is CCCCCCO[C](OCCCCCC)c1ccccc1. The zero-order chi connectivity index (χ0) is 15.2. The summed E-state index contributed by atoms with van der Waals surface area (Å²) in [5.74, 6) is 0. The van der Waals surface area contributed by atoms with Crippen molar-refractivity contribution in [2.24, 2.45) is 0 Å². The molecular weight excluding hydrogens is 260 g/mol. The first-order chi connectivity index (χ1) is 10.4. The third kappa shape index (κ3) is 8.90. The van der Waals surface area contributed by atoms with E-state index in [1.165, 1.54) is 38.5 Å². The normalized spacial score (nSPS) is 11.2. The van der Waals surface area contributed by atoms with Crippen molar-refractivity contribution in [3.63, 3.8) is 0 Å². The van der Waals surface area contributed by atoms with Gasteiger partial charge in [0.15, 0.2) is 0 Å². The van der Waals surface area contributed by atoms with Crippen molar-refractivity contribution in [1.82, 2.24) is 0 Å². The van der Waals surface area contributed by atoms with Crippen LogP contribution >= 0.6 is 0 Å². The van der Waals surface area contributed by atoms with Crippen LogP contribution in [-0.2, 0) is 9.47 Å². The van der Waals surface area contributed by atoms with Gasteiger partial charge in [0, 0.05) is 5.56 Å². The minimum absolute atomic E-state index is 0.698. The van der Waals surface area contributed by atoms with Gasteiger partial charge >= 0.3 is 0 Å². The molecule has 1 radical (unpaired) electrons. The Morgan fingerprint density at radius 1 is 0.714 bits per heavy atom. The van der Waals surface area contributed by atoms with Gasteiger partial charge in [0.1, 0.15) is 0 Å². The highest BCUT2D eigenvalue weighted by Gasteiger charge is 2.14. The second kappa shape index (κ2) is 12.8. The van der Waals surface area contributed by atoms with Crippen LogP contribution in [0.1, 0.15) is 70.8 Å². The van der Waals surface area contributed by atoms with E-state index in [2.05, 4.69) is 13.8 Å². The molecule has 21 heavy (non-hydrogen) atoms. The van der Waals surface area contributed by atoms with Crippen LogP contribution < -0.4 is 0 Å². The standard InChI is InChI=1S/C19H31O2/c1-3-5-7-12-16-20-19(18-14-10-9-11-15-18)21-17-13-8-6-4-2/h9-11,14-15H,3-8,12-13,16-17H2,1-2H3. The number of hydrogen-bond acceptors (Lipinski definition) is 2. The first-order valence-corrected chi connectivity index (χ1v) is 8.56. The minimum Gasteiger partial charge on any atom is -0.341 e. The second-order valence-corrected chi connectivity index (χ2v) is 5.47. The van der Waals surface area contributed by atoms with Crippen LogP contribution in [0.15, 0.2) is 30.3 Å². The average molecular weight is 291 g/mol. The van der Waals surface area contributed by atoms with Crippen LogP contribution in [0.5, 0.6) is 0 Å². The van der Waals surface area contributed by atoms with Gasteiger partial charge in [-0.3, -0.25) is 0 Å². The fourth-order valence-corrected chi connectivity index (χ4v) is 2.17. The summed E-state index contributed by atoms with van der Waals surface area (Å²) >= 11 is 0. The Morgan fingerprint density at radius 3 is 1.71 bits per heavy atom. The molecule has 1 aromatic rings. The molecule has 0 aliphatic rings. The molecule has 0 amide bonds. The molecule has 0 aromatic heterocycles. The Labute approximate surface area is 130 Å². The first-order valence-electron chi connectivity index (χ1n) is 8.56. The Morgan fingerprint density at radius 2 is 1.24 bits per heavy atom. The summed E-state index contributed by atoms with van der Waals surface area (Å²) in [6.07, 6.45) is 10.4. The summed E-state index contributed by atoms with van der Waals surface area (Å²) in [5, 5.41) is 0. The number of hydrogen-bond donors (Lipinski definition) is 0. The van der Waals surface area contributed by atoms with Crippen molar-refractivity contribution in [3.8, 4) is 0 Å². The molecule has 1 rings (SSSR count). The lowest BCUT2D eigenvalue weighted by atomic mass is 10.2. The molecular formula is C19H31O2. The molecule has 0 unspecified atom stereocenters. The largest absolute Gasteiger partial charge is 0.341 e. The molecule has 0 aliphatic heterocycles. The molecule has 0 bridgehead atoms. The van der Waals surface area contributed by atoms with E-state index in [-0.39, 0.29) is 0 Å². The van der Waals surface area contributed by atoms with E-state index in [0.29, 0.717) is 6.29 Å². The molecule has 0 spiro atoms. The van der Waals surface area contributed by atoms with Crippen LogP contribution in [0.4, 0.5) is 0 Å². The first kappa shape index (κ1) is 18.2. The Balaban J connectivity index is 2.32. The zero-order valence-electron chi connectivity index (χ0n) is 13.8. The van der Waals surface area contributed by atoms with Crippen molar-refractivity contribution < 1.29 is 9.47 Å². The molecule has 0 saturated heterocycles. The highest BCUT2D eigenvalue weighted by molar-refractivity contribution is 5.23. The van der Waals surface area contributed by atoms with Crippen LogP contribution in [0, 0.1) is 6.29 Å². The van der Waals surface area contributed by atoms with E-state index < -0.39 is 0 Å². The van der Waals surface area contributed by atoms with Gasteiger partial charge in [-0.25, -0.2) is 0 Å². The maximum atomic E-state index is 5.88. The summed E-state index contributed by atoms with van der Waals surface area (Å²) in [4.78, 5) is 0. The van der Waals surface area contributed by atoms with Gasteiger partial charge in [-0.1, -0.05) is 82.7 Å². The third-order valence-electron chi connectivity index (χ3n) is 3.47. The van der Waals surface area contributed by atoms with E-state index in [0.717, 1.165) is 31.6 Å². The lowest BCUT2D eigenvalue weighted by Crippen LogP contribution is -2.12. The molecule has 2 nitrogen and oxygen atoms in total. The predicted octanol–water partition coefficient (Wildman–Crippen LogP) is 5.72. The predicted molar refractivity (Wildman–Crippen MR) is 89.0 cm³/mol. The van der Waals surface area contributed by atoms with Gasteiger partial charge in [0.05, 0.1) is 13.2 Å². The lowest BCUT2D eigenvalue weighted by molar-refractivity contribution is -0.0279. The van der Waals surface area contributed by atoms with Crippen LogP contribution in [0.3, 0.4) is 0 Å². The molecule has 2 heteroatoms. The quantitative estimate of drug-likeness (QED) is 0.433. The number of ether oxygens (including phenoxy) is 2. The van der Waals surface area contributed by atoms with Gasteiger partial charge in [0.2, 0.25) is 0 Å². The van der Waals surface area contributed by atoms with Gasteiger partial charge < -0.3 is 9.47 Å². The van der Waals surface area contributed by atoms with E-state index >= 15 is 0 Å². The molecule has 0 fully saturated rings. The smallest absolute Gasteiger partial charge is 0.256 e. The minimum atomic E-state index is 0.698. The van der Waals surface area contributed by atoms with Crippen molar-refractivity contribution in [2.45, 2.75) is 65.2 Å². The molecule has 119 valence electrons. The summed E-state index contributed by atoms with van der Waals surface area (Å²) in [6, 6.07) is 10.2. The van der Waals surface area contributed by atoms with Crippen molar-refractivity contribution in [2.75, 3.05) is 13.2 Å². The van der Waals surface area contributed by atoms with Crippen molar-refractivity contribution in [3.05, 3.63) is 42.2 Å². The Kier molecular flexibility index (Phi) is 11.1. The molecule has 0 aliphatic carbocycles. The summed E-state index contributed by atoms with van der Waals surface area (Å²) in [7, 11) is 0. The number of benzene rings is 1. The Hall–Kier alpha value is -0.860. The van der Waals surface area contributed by atoms with Gasteiger partial charge in [0.25, 0.3) is 6.29 Å². The van der Waals surface area contributed by atoms with Crippen LogP contribution in [-0.4, -0.2) is 13.2 Å². The fourth-order valence-electron chi connectivity index (χ4n) is 2.17. The summed E-state index contributed by atoms with van der Waals surface area (Å²) in [6.45, 7) is 5.95. The fraction of sp³-hybridized carbons (Fsp3) is 0.632. The van der Waals surface area contributed by atoms with Crippen LogP contribution in [0.2, 0.25) is 0 Å². The maximum Gasteiger partial charge on any atom is 0.256 e. The highest BCUT2D eigenvalue weighted by atomic mass is 16.7. The number of rotatable bonds is 13. The Bertz CT molecular complexity index is 310. The topological polar surface area (TPSA) is 18.5 Å². The van der Waals surface area contributed by atoms with E-state index in [9.17, 15) is 0 Å². The molecule has 0 saturated carbocycles. The second-order valence-electron chi connectivity index (χ2n) is 5.47. The number of unbranched alkanes of at least 4 members (excludes halogenated alkanes) is 6. The van der Waals surface area contributed by atoms with Gasteiger partial charge in [-0.05, 0) is 12.8 Å². The average Bonchev–Trinajstić information content (AvgIpc) is 2.53. The van der Waals surface area contributed by atoms with Crippen molar-refractivity contribution in [1.29, 1.82) is 0 Å². The zero-order valence-corrected chi connectivity index (χ0v) is 13.8. The summed E-state index contributed by atoms with van der Waals surface area (Å²) < 4.78 is 11.8. The monoisotopic (exact) mass is 291 g/mol. The molecule has 0 N–H and O–H groups in total. The van der Waals surface area contributed by atoms with E-state index in [1.807, 2.05) is 30.3 Å². The maximum absolute atomic E-state index is 5.88. The molecule has 1 aromatic carbocycles. The van der Waals surface area contributed by atoms with Crippen LogP contribution in [0.25, 0.3) is 0 Å². The molecule has 0 heterocycles. The third-order valence-corrected chi connectivity index (χ3v) is 3.47. The van der Waals surface area contributed by atoms with Crippen molar-refractivity contribution >= 4 is 0 Å². The summed E-state index contributed by atoms with van der Waals surface area (Å²) in [5.41, 5.74) is 1.04. The van der Waals surface area contributed by atoms with E-state index in [4.69, 9.17) is 9.47 Å². The molecule has 0 atom stereocenters. The van der Waals surface area contributed by atoms with Gasteiger partial charge in [-0.15, -0.1) is 0 Å². The lowest BCUT2D eigenvalue weighted by Gasteiger charge is -2.17. The highest BCUT2D eigenvalue weighted by Crippen LogP contribution is 2.19. The van der Waals surface area contributed by atoms with Gasteiger partial charge in [-0.2, -0.15) is 0 Å². The van der Waals surface area contributed by atoms with E-state index in [1.54, 1.807) is 0 Å².